The van der Waals surface area contributed by atoms with Crippen LogP contribution in [0.5, 0.6) is 0 Å². The van der Waals surface area contributed by atoms with Gasteiger partial charge in [-0.05, 0) is 19.3 Å². The molecule has 2 atom stereocenters. The average Bonchev–Trinajstić information content (AvgIpc) is 2.58. The van der Waals surface area contributed by atoms with E-state index >= 15 is 0 Å². The second-order valence-electron chi connectivity index (χ2n) is 3.34. The van der Waals surface area contributed by atoms with Gasteiger partial charge in [0, 0.05) is 6.61 Å². The summed E-state index contributed by atoms with van der Waals surface area (Å²) in [4.78, 5) is 4.25. The van der Waals surface area contributed by atoms with Crippen LogP contribution in [0.4, 0.5) is 0 Å². The fourth-order valence-corrected chi connectivity index (χ4v) is 1.51. The van der Waals surface area contributed by atoms with E-state index in [-0.39, 0.29) is 6.10 Å². The minimum absolute atomic E-state index is 0.106. The van der Waals surface area contributed by atoms with E-state index in [0.29, 0.717) is 5.92 Å². The van der Waals surface area contributed by atoms with Gasteiger partial charge in [0.1, 0.15) is 11.9 Å². The summed E-state index contributed by atoms with van der Waals surface area (Å²) < 4.78 is 5.52. The number of nitrogens with one attached hydrogen (secondary N) is 1. The maximum atomic E-state index is 5.52. The van der Waals surface area contributed by atoms with E-state index in [4.69, 9.17) is 4.74 Å². The van der Waals surface area contributed by atoms with E-state index in [1.807, 2.05) is 6.92 Å². The highest BCUT2D eigenvalue weighted by molar-refractivity contribution is 4.96. The summed E-state index contributed by atoms with van der Waals surface area (Å²) in [5, 5.41) is 6.91. The number of aromatic amines is 1. The van der Waals surface area contributed by atoms with Crippen LogP contribution in [-0.4, -0.2) is 21.8 Å². The number of hydrogen-bond acceptors (Lipinski definition) is 3. The zero-order valence-corrected chi connectivity index (χ0v) is 7.37. The van der Waals surface area contributed by atoms with Crippen LogP contribution in [0, 0.1) is 12.8 Å². The lowest BCUT2D eigenvalue weighted by atomic mass is 10.0. The molecule has 1 aliphatic rings. The van der Waals surface area contributed by atoms with E-state index in [1.165, 1.54) is 0 Å². The van der Waals surface area contributed by atoms with E-state index in [0.717, 1.165) is 24.7 Å². The van der Waals surface area contributed by atoms with Crippen molar-refractivity contribution in [3.63, 3.8) is 0 Å². The Hall–Kier alpha value is -0.900. The molecule has 0 saturated carbocycles. The molecule has 0 bridgehead atoms. The number of ether oxygens (including phenoxy) is 1. The molecule has 12 heavy (non-hydrogen) atoms. The van der Waals surface area contributed by atoms with Crippen LogP contribution >= 0.6 is 0 Å². The molecule has 4 nitrogen and oxygen atoms in total. The van der Waals surface area contributed by atoms with E-state index in [9.17, 15) is 0 Å². The highest BCUT2D eigenvalue weighted by Crippen LogP contribution is 2.31. The van der Waals surface area contributed by atoms with Gasteiger partial charge in [-0.1, -0.05) is 6.92 Å². The Morgan fingerprint density at radius 1 is 1.58 bits per heavy atom. The first kappa shape index (κ1) is 7.73. The topological polar surface area (TPSA) is 50.8 Å². The Morgan fingerprint density at radius 2 is 2.42 bits per heavy atom. The number of nitrogens with zero attached hydrogens (tertiary/aromatic N) is 2. The summed E-state index contributed by atoms with van der Waals surface area (Å²) in [6, 6.07) is 0. The molecule has 0 amide bonds. The minimum Gasteiger partial charge on any atom is -0.370 e. The zero-order chi connectivity index (χ0) is 8.55. The molecule has 1 aromatic rings. The van der Waals surface area contributed by atoms with Crippen molar-refractivity contribution in [1.29, 1.82) is 0 Å². The first-order valence-electron chi connectivity index (χ1n) is 4.28. The molecule has 2 heterocycles. The number of rotatable bonds is 1. The molecule has 1 aliphatic heterocycles. The lowest BCUT2D eigenvalue weighted by molar-refractivity contribution is 0.0876. The zero-order valence-electron chi connectivity index (χ0n) is 7.37. The van der Waals surface area contributed by atoms with Crippen molar-refractivity contribution in [2.45, 2.75) is 26.4 Å². The fourth-order valence-electron chi connectivity index (χ4n) is 1.51. The van der Waals surface area contributed by atoms with Gasteiger partial charge < -0.3 is 4.74 Å². The van der Waals surface area contributed by atoms with Gasteiger partial charge in [0.05, 0.1) is 0 Å². The predicted molar refractivity (Wildman–Crippen MR) is 43.6 cm³/mol. The normalized spacial score (nSPS) is 29.5. The third-order valence-corrected chi connectivity index (χ3v) is 2.26. The van der Waals surface area contributed by atoms with Gasteiger partial charge in [0.15, 0.2) is 5.82 Å². The van der Waals surface area contributed by atoms with Crippen LogP contribution in [0.1, 0.15) is 31.1 Å². The lowest BCUT2D eigenvalue weighted by Crippen LogP contribution is -2.05. The largest absolute Gasteiger partial charge is 0.370 e. The quantitative estimate of drug-likeness (QED) is 0.684. The van der Waals surface area contributed by atoms with Gasteiger partial charge in [0.2, 0.25) is 0 Å². The molecule has 0 radical (unpaired) electrons. The van der Waals surface area contributed by atoms with E-state index in [2.05, 4.69) is 22.1 Å². The minimum atomic E-state index is 0.106. The molecule has 4 heteroatoms. The van der Waals surface area contributed by atoms with Crippen molar-refractivity contribution >= 4 is 0 Å². The number of aromatic nitrogens is 3. The molecular weight excluding hydrogens is 154 g/mol. The molecule has 1 fully saturated rings. The second-order valence-corrected chi connectivity index (χ2v) is 3.34. The molecular formula is C8H13N3O. The van der Waals surface area contributed by atoms with Gasteiger partial charge in [-0.2, -0.15) is 5.10 Å². The molecule has 66 valence electrons. The first-order valence-corrected chi connectivity index (χ1v) is 4.28. The first-order chi connectivity index (χ1) is 5.77. The number of aryl methyl sites for hydroxylation is 1. The summed E-state index contributed by atoms with van der Waals surface area (Å²) in [5.74, 6) is 2.20. The average molecular weight is 167 g/mol. The predicted octanol–water partition coefficient (Wildman–Crippen LogP) is 1.21. The second kappa shape index (κ2) is 2.86. The van der Waals surface area contributed by atoms with Gasteiger partial charge in [-0.25, -0.2) is 4.98 Å². The van der Waals surface area contributed by atoms with Crippen molar-refractivity contribution in [1.82, 2.24) is 15.2 Å². The molecule has 2 unspecified atom stereocenters. The van der Waals surface area contributed by atoms with Crippen molar-refractivity contribution in [3.8, 4) is 0 Å². The molecule has 1 saturated heterocycles. The highest BCUT2D eigenvalue weighted by Gasteiger charge is 2.28. The molecule has 1 aromatic heterocycles. The number of hydrogen-bond donors (Lipinski definition) is 1. The third-order valence-electron chi connectivity index (χ3n) is 2.26. The fraction of sp³-hybridized carbons (Fsp3) is 0.750. The third kappa shape index (κ3) is 1.22. The van der Waals surface area contributed by atoms with Crippen LogP contribution in [0.3, 0.4) is 0 Å². The Kier molecular flexibility index (Phi) is 1.84. The monoisotopic (exact) mass is 167 g/mol. The Morgan fingerprint density at radius 3 is 2.92 bits per heavy atom. The Labute approximate surface area is 71.3 Å². The van der Waals surface area contributed by atoms with Crippen molar-refractivity contribution < 1.29 is 4.74 Å². The van der Waals surface area contributed by atoms with Crippen LogP contribution in [0.2, 0.25) is 0 Å². The van der Waals surface area contributed by atoms with Gasteiger partial charge in [-0.15, -0.1) is 0 Å². The summed E-state index contributed by atoms with van der Waals surface area (Å²) in [7, 11) is 0. The molecule has 0 aromatic carbocycles. The summed E-state index contributed by atoms with van der Waals surface area (Å²) >= 11 is 0. The van der Waals surface area contributed by atoms with E-state index in [1.54, 1.807) is 0 Å². The van der Waals surface area contributed by atoms with Crippen molar-refractivity contribution in [2.24, 2.45) is 5.92 Å². The maximum absolute atomic E-state index is 5.52. The summed E-state index contributed by atoms with van der Waals surface area (Å²) in [5.41, 5.74) is 0. The van der Waals surface area contributed by atoms with Crippen molar-refractivity contribution in [2.75, 3.05) is 6.61 Å². The SMILES string of the molecule is Cc1nc(C2OCCC2C)n[nH]1. The maximum Gasteiger partial charge on any atom is 0.179 e. The van der Waals surface area contributed by atoms with Gasteiger partial charge >= 0.3 is 0 Å². The van der Waals surface area contributed by atoms with Gasteiger partial charge in [-0.3, -0.25) is 5.10 Å². The van der Waals surface area contributed by atoms with Crippen LogP contribution in [0.25, 0.3) is 0 Å². The van der Waals surface area contributed by atoms with Crippen molar-refractivity contribution in [3.05, 3.63) is 11.6 Å². The van der Waals surface area contributed by atoms with E-state index < -0.39 is 0 Å². The molecule has 2 rings (SSSR count). The number of H-pyrrole nitrogens is 1. The van der Waals surface area contributed by atoms with Crippen LogP contribution < -0.4 is 0 Å². The molecule has 0 spiro atoms. The smallest absolute Gasteiger partial charge is 0.179 e. The molecule has 0 aliphatic carbocycles. The highest BCUT2D eigenvalue weighted by atomic mass is 16.5. The Balaban J connectivity index is 2.19. The van der Waals surface area contributed by atoms with Crippen LogP contribution in [-0.2, 0) is 4.74 Å². The standard InChI is InChI=1S/C8H13N3O/c1-5-3-4-12-7(5)8-9-6(2)10-11-8/h5,7H,3-4H2,1-2H3,(H,9,10,11). The summed E-state index contributed by atoms with van der Waals surface area (Å²) in [6.45, 7) is 4.90. The summed E-state index contributed by atoms with van der Waals surface area (Å²) in [6.07, 6.45) is 1.22. The van der Waals surface area contributed by atoms with Gasteiger partial charge in [0.25, 0.3) is 0 Å². The Bertz CT molecular complexity index is 271. The van der Waals surface area contributed by atoms with Crippen LogP contribution in [0.15, 0.2) is 0 Å². The lowest BCUT2D eigenvalue weighted by Gasteiger charge is -2.08. The molecule has 1 N–H and O–H groups in total.